The molecule has 8 heteroatoms. The number of furan rings is 1. The van der Waals surface area contributed by atoms with Crippen LogP contribution in [0.4, 0.5) is 5.69 Å². The first-order chi connectivity index (χ1) is 12.8. The predicted octanol–water partition coefficient (Wildman–Crippen LogP) is 2.17. The van der Waals surface area contributed by atoms with E-state index in [4.69, 9.17) is 9.15 Å². The molecule has 2 amide bonds. The van der Waals surface area contributed by atoms with Crippen LogP contribution in [0.25, 0.3) is 0 Å². The molecule has 2 aromatic rings. The fraction of sp³-hybridized carbons (Fsp3) is 0.263. The minimum Gasteiger partial charge on any atom is -0.459 e. The van der Waals surface area contributed by atoms with Crippen LogP contribution in [0.5, 0.6) is 0 Å². The van der Waals surface area contributed by atoms with Gasteiger partial charge in [0.25, 0.3) is 11.8 Å². The number of ether oxygens (including phenoxy) is 1. The summed E-state index contributed by atoms with van der Waals surface area (Å²) in [5.41, 5.74) is 0.987. The molecular weight excluding hydrogens is 352 g/mol. The number of ketones is 1. The second-order valence-electron chi connectivity index (χ2n) is 5.87. The van der Waals surface area contributed by atoms with Crippen molar-refractivity contribution in [2.45, 2.75) is 32.9 Å². The Balaban J connectivity index is 1.86. The second-order valence-corrected chi connectivity index (χ2v) is 5.87. The van der Waals surface area contributed by atoms with E-state index in [-0.39, 0.29) is 11.5 Å². The molecule has 142 valence electrons. The first-order valence-corrected chi connectivity index (χ1v) is 8.24. The fourth-order valence-corrected chi connectivity index (χ4v) is 2.10. The Bertz CT molecular complexity index is 826. The van der Waals surface area contributed by atoms with Crippen LogP contribution in [0.3, 0.4) is 0 Å². The summed E-state index contributed by atoms with van der Waals surface area (Å²) in [7, 11) is 0. The lowest BCUT2D eigenvalue weighted by Crippen LogP contribution is -2.42. The van der Waals surface area contributed by atoms with Crippen LogP contribution in [0.1, 0.15) is 41.7 Å². The van der Waals surface area contributed by atoms with Gasteiger partial charge in [-0.2, -0.15) is 0 Å². The maximum Gasteiger partial charge on any atom is 0.329 e. The normalized spacial score (nSPS) is 12.6. The van der Waals surface area contributed by atoms with E-state index in [2.05, 4.69) is 10.6 Å². The highest BCUT2D eigenvalue weighted by Gasteiger charge is 2.24. The molecule has 0 aliphatic carbocycles. The number of nitrogens with one attached hydrogen (secondary N) is 2. The van der Waals surface area contributed by atoms with Gasteiger partial charge in [0.05, 0.1) is 6.26 Å². The molecule has 1 heterocycles. The Morgan fingerprint density at radius 1 is 1.04 bits per heavy atom. The van der Waals surface area contributed by atoms with Gasteiger partial charge in [0.1, 0.15) is 6.04 Å². The van der Waals surface area contributed by atoms with Crippen molar-refractivity contribution in [2.75, 3.05) is 5.32 Å². The van der Waals surface area contributed by atoms with E-state index in [9.17, 15) is 19.2 Å². The molecule has 2 rings (SSSR count). The third-order valence-corrected chi connectivity index (χ3v) is 3.67. The maximum atomic E-state index is 12.1. The smallest absolute Gasteiger partial charge is 0.329 e. The zero-order valence-corrected chi connectivity index (χ0v) is 15.1. The van der Waals surface area contributed by atoms with Gasteiger partial charge in [-0.3, -0.25) is 14.4 Å². The minimum atomic E-state index is -1.08. The molecule has 1 aromatic carbocycles. The Hall–Kier alpha value is -3.42. The van der Waals surface area contributed by atoms with Crippen LogP contribution in [-0.4, -0.2) is 35.7 Å². The highest BCUT2D eigenvalue weighted by molar-refractivity contribution is 5.98. The summed E-state index contributed by atoms with van der Waals surface area (Å²) in [6.07, 6.45) is 0.265. The third kappa shape index (κ3) is 5.53. The van der Waals surface area contributed by atoms with Crippen molar-refractivity contribution < 1.29 is 28.3 Å². The second kappa shape index (κ2) is 8.79. The van der Waals surface area contributed by atoms with E-state index in [1.807, 2.05) is 0 Å². The largest absolute Gasteiger partial charge is 0.459 e. The first-order valence-electron chi connectivity index (χ1n) is 8.24. The molecule has 0 radical (unpaired) electrons. The Kier molecular flexibility index (Phi) is 6.48. The van der Waals surface area contributed by atoms with E-state index in [0.29, 0.717) is 11.3 Å². The quantitative estimate of drug-likeness (QED) is 0.569. The van der Waals surface area contributed by atoms with Crippen LogP contribution in [-0.2, 0) is 14.3 Å². The Morgan fingerprint density at radius 2 is 1.70 bits per heavy atom. The summed E-state index contributed by atoms with van der Waals surface area (Å²) in [6.45, 7) is 4.30. The highest BCUT2D eigenvalue weighted by atomic mass is 16.5. The van der Waals surface area contributed by atoms with Gasteiger partial charge in [-0.1, -0.05) is 0 Å². The lowest BCUT2D eigenvalue weighted by atomic mass is 10.1. The molecule has 2 atom stereocenters. The standard InChI is InChI=1S/C19H20N2O6/c1-11(20-18(24)16-5-4-10-26-16)19(25)27-13(3)17(23)21-15-8-6-14(7-9-15)12(2)22/h4-11,13H,1-3H3,(H,20,24)(H,21,23)/t11-,13+/m0/s1. The average Bonchev–Trinajstić information content (AvgIpc) is 3.16. The Morgan fingerprint density at radius 3 is 2.26 bits per heavy atom. The summed E-state index contributed by atoms with van der Waals surface area (Å²) in [4.78, 5) is 47.3. The van der Waals surface area contributed by atoms with Gasteiger partial charge in [-0.15, -0.1) is 0 Å². The number of hydrogen-bond acceptors (Lipinski definition) is 6. The van der Waals surface area contributed by atoms with Crippen LogP contribution in [0, 0.1) is 0 Å². The molecule has 0 fully saturated rings. The zero-order chi connectivity index (χ0) is 20.0. The van der Waals surface area contributed by atoms with Crippen molar-refractivity contribution in [3.8, 4) is 0 Å². The molecule has 0 aliphatic rings. The van der Waals surface area contributed by atoms with Crippen molar-refractivity contribution in [2.24, 2.45) is 0 Å². The molecule has 0 aliphatic heterocycles. The molecule has 0 spiro atoms. The maximum absolute atomic E-state index is 12.1. The monoisotopic (exact) mass is 372 g/mol. The number of anilines is 1. The topological polar surface area (TPSA) is 115 Å². The molecule has 0 saturated heterocycles. The van der Waals surface area contributed by atoms with Crippen LogP contribution in [0.15, 0.2) is 47.1 Å². The number of hydrogen-bond donors (Lipinski definition) is 2. The number of rotatable bonds is 7. The number of esters is 1. The zero-order valence-electron chi connectivity index (χ0n) is 15.1. The van der Waals surface area contributed by atoms with E-state index >= 15 is 0 Å². The van der Waals surface area contributed by atoms with E-state index < -0.39 is 29.9 Å². The van der Waals surface area contributed by atoms with E-state index in [0.717, 1.165) is 0 Å². The van der Waals surface area contributed by atoms with Crippen molar-refractivity contribution in [3.05, 3.63) is 54.0 Å². The van der Waals surface area contributed by atoms with Gasteiger partial charge in [0, 0.05) is 11.3 Å². The Labute approximate surface area is 155 Å². The SMILES string of the molecule is CC(=O)c1ccc(NC(=O)[C@@H](C)OC(=O)[C@H](C)NC(=O)c2ccco2)cc1. The summed E-state index contributed by atoms with van der Waals surface area (Å²) in [5, 5.41) is 5.01. The fourth-order valence-electron chi connectivity index (χ4n) is 2.10. The van der Waals surface area contributed by atoms with Gasteiger partial charge < -0.3 is 19.8 Å². The molecule has 2 N–H and O–H groups in total. The molecule has 8 nitrogen and oxygen atoms in total. The number of benzene rings is 1. The van der Waals surface area contributed by atoms with Crippen molar-refractivity contribution in [1.82, 2.24) is 5.32 Å². The highest BCUT2D eigenvalue weighted by Crippen LogP contribution is 2.11. The summed E-state index contributed by atoms with van der Waals surface area (Å²) in [6, 6.07) is 8.37. The summed E-state index contributed by atoms with van der Waals surface area (Å²) in [5.74, 6) is -1.88. The minimum absolute atomic E-state index is 0.0643. The lowest BCUT2D eigenvalue weighted by Gasteiger charge is -2.17. The molecule has 0 bridgehead atoms. The molecule has 1 aromatic heterocycles. The van der Waals surface area contributed by atoms with Crippen LogP contribution in [0.2, 0.25) is 0 Å². The molecule has 0 saturated carbocycles. The summed E-state index contributed by atoms with van der Waals surface area (Å²) < 4.78 is 10.0. The van der Waals surface area contributed by atoms with Gasteiger partial charge >= 0.3 is 5.97 Å². The van der Waals surface area contributed by atoms with Crippen molar-refractivity contribution in [1.29, 1.82) is 0 Å². The van der Waals surface area contributed by atoms with Crippen molar-refractivity contribution >= 4 is 29.3 Å². The van der Waals surface area contributed by atoms with Gasteiger partial charge in [0.15, 0.2) is 17.6 Å². The molecule has 0 unspecified atom stereocenters. The van der Waals surface area contributed by atoms with Gasteiger partial charge in [0.2, 0.25) is 0 Å². The van der Waals surface area contributed by atoms with Gasteiger partial charge in [-0.25, -0.2) is 4.79 Å². The van der Waals surface area contributed by atoms with E-state index in [1.54, 1.807) is 30.3 Å². The first kappa shape index (κ1) is 19.9. The van der Waals surface area contributed by atoms with Crippen LogP contribution < -0.4 is 10.6 Å². The molecule has 27 heavy (non-hydrogen) atoms. The van der Waals surface area contributed by atoms with Gasteiger partial charge in [-0.05, 0) is 57.2 Å². The predicted molar refractivity (Wildman–Crippen MR) is 96.3 cm³/mol. The summed E-state index contributed by atoms with van der Waals surface area (Å²) >= 11 is 0. The van der Waals surface area contributed by atoms with Crippen LogP contribution >= 0.6 is 0 Å². The number of carbonyl (C=O) groups is 4. The van der Waals surface area contributed by atoms with E-state index in [1.165, 1.54) is 33.1 Å². The average molecular weight is 372 g/mol. The third-order valence-electron chi connectivity index (χ3n) is 3.67. The number of carbonyl (C=O) groups excluding carboxylic acids is 4. The number of amides is 2. The number of Topliss-reactive ketones (excluding diaryl/α,β-unsaturated/α-hetero) is 1. The van der Waals surface area contributed by atoms with Crippen molar-refractivity contribution in [3.63, 3.8) is 0 Å². The molecular formula is C19H20N2O6. The lowest BCUT2D eigenvalue weighted by molar-refractivity contribution is -0.154.